The van der Waals surface area contributed by atoms with E-state index in [0.717, 1.165) is 72.2 Å². The number of rotatable bonds is 7. The van der Waals surface area contributed by atoms with Gasteiger partial charge in [-0.2, -0.15) is 0 Å². The Morgan fingerprint density at radius 1 is 0.291 bits per heavy atom. The molecule has 0 aliphatic heterocycles. The largest absolute Gasteiger partial charge is 0.311 e. The van der Waals surface area contributed by atoms with Crippen molar-refractivity contribution in [2.24, 2.45) is 0 Å². The number of hydrogen-bond donors (Lipinski definition) is 0. The Morgan fingerprint density at radius 3 is 1.31 bits per heavy atom. The topological polar surface area (TPSA) is 29.0 Å². The second-order valence-corrected chi connectivity index (χ2v) is 13.8. The summed E-state index contributed by atoms with van der Waals surface area (Å²) in [5.41, 5.74) is 15.1. The molecule has 0 amide bonds. The van der Waals surface area contributed by atoms with Crippen molar-refractivity contribution in [1.82, 2.24) is 9.97 Å². The molecule has 0 saturated carbocycles. The lowest BCUT2D eigenvalue weighted by atomic mass is 9.94. The lowest BCUT2D eigenvalue weighted by Gasteiger charge is -2.26. The summed E-state index contributed by atoms with van der Waals surface area (Å²) in [4.78, 5) is 12.8. The van der Waals surface area contributed by atoms with E-state index in [9.17, 15) is 0 Å². The third-order valence-corrected chi connectivity index (χ3v) is 10.5. The molecule has 3 heteroatoms. The van der Waals surface area contributed by atoms with E-state index >= 15 is 0 Å². The smallest absolute Gasteiger partial charge is 0.0978 e. The lowest BCUT2D eigenvalue weighted by Crippen LogP contribution is -2.09. The summed E-state index contributed by atoms with van der Waals surface area (Å²) in [5, 5.41) is 3.27. The Kier molecular flexibility index (Phi) is 8.16. The van der Waals surface area contributed by atoms with Gasteiger partial charge < -0.3 is 4.90 Å². The highest BCUT2D eigenvalue weighted by Gasteiger charge is 2.17. The summed E-state index contributed by atoms with van der Waals surface area (Å²) in [7, 11) is 0. The normalized spacial score (nSPS) is 11.3. The number of anilines is 3. The molecular weight excluding hydrogens is 667 g/mol. The third-order valence-electron chi connectivity index (χ3n) is 10.5. The number of nitrogens with zero attached hydrogens (tertiary/aromatic N) is 3. The van der Waals surface area contributed by atoms with Crippen LogP contribution in [0.15, 0.2) is 212 Å². The van der Waals surface area contributed by atoms with E-state index in [-0.39, 0.29) is 0 Å². The quantitative estimate of drug-likeness (QED) is 0.122. The van der Waals surface area contributed by atoms with Crippen molar-refractivity contribution >= 4 is 49.8 Å². The predicted molar refractivity (Wildman–Crippen MR) is 231 cm³/mol. The van der Waals surface area contributed by atoms with Crippen LogP contribution in [-0.4, -0.2) is 9.97 Å². The summed E-state index contributed by atoms with van der Waals surface area (Å²) in [6.07, 6.45) is 0. The van der Waals surface area contributed by atoms with Gasteiger partial charge in [-0.25, -0.2) is 9.97 Å². The van der Waals surface area contributed by atoms with Gasteiger partial charge >= 0.3 is 0 Å². The number of para-hydroxylation sites is 1. The van der Waals surface area contributed by atoms with Gasteiger partial charge in [0.15, 0.2) is 0 Å². The maximum atomic E-state index is 5.24. The van der Waals surface area contributed by atoms with Crippen LogP contribution in [0.3, 0.4) is 0 Å². The Bertz CT molecular complexity index is 2840. The monoisotopic (exact) mass is 701 g/mol. The average Bonchev–Trinajstić information content (AvgIpc) is 3.27. The fraction of sp³-hybridized carbons (Fsp3) is 0. The minimum absolute atomic E-state index is 0.909. The molecule has 0 bridgehead atoms. The van der Waals surface area contributed by atoms with Gasteiger partial charge in [-0.05, 0) is 76.3 Å². The molecule has 8 aromatic carbocycles. The van der Waals surface area contributed by atoms with E-state index in [0.29, 0.717) is 0 Å². The number of benzene rings is 8. The van der Waals surface area contributed by atoms with Crippen LogP contribution in [0.1, 0.15) is 0 Å². The maximum absolute atomic E-state index is 5.24. The van der Waals surface area contributed by atoms with Gasteiger partial charge in [-0.1, -0.05) is 164 Å². The second-order valence-electron chi connectivity index (χ2n) is 13.8. The molecule has 0 atom stereocenters. The van der Waals surface area contributed by atoms with Crippen LogP contribution < -0.4 is 4.90 Å². The van der Waals surface area contributed by atoms with Crippen molar-refractivity contribution in [2.45, 2.75) is 0 Å². The Balaban J connectivity index is 1.10. The van der Waals surface area contributed by atoms with Crippen LogP contribution in [0.2, 0.25) is 0 Å². The van der Waals surface area contributed by atoms with Crippen molar-refractivity contribution in [3.8, 4) is 44.6 Å². The van der Waals surface area contributed by atoms with Crippen LogP contribution in [0.5, 0.6) is 0 Å². The van der Waals surface area contributed by atoms with Crippen LogP contribution in [0.25, 0.3) is 77.3 Å². The zero-order valence-electron chi connectivity index (χ0n) is 30.0. The van der Waals surface area contributed by atoms with Crippen molar-refractivity contribution < 1.29 is 0 Å². The molecule has 55 heavy (non-hydrogen) atoms. The van der Waals surface area contributed by atoms with Gasteiger partial charge in [0.2, 0.25) is 0 Å². The van der Waals surface area contributed by atoms with Crippen molar-refractivity contribution in [2.75, 3.05) is 4.90 Å². The van der Waals surface area contributed by atoms with Crippen LogP contribution >= 0.6 is 0 Å². The SMILES string of the molecule is c1ccc(-c2ccc(N(c3ccc(-c4ccccc4)cc3)c3ccc(-c4c5ccccc5nc5c4ccc4ccc(-c6ccccc6)nc45)cc3)cc2)cc1. The van der Waals surface area contributed by atoms with E-state index in [1.54, 1.807) is 0 Å². The second kappa shape index (κ2) is 13.9. The fourth-order valence-corrected chi connectivity index (χ4v) is 7.71. The molecule has 0 spiro atoms. The number of pyridine rings is 2. The molecule has 0 fully saturated rings. The lowest BCUT2D eigenvalue weighted by molar-refractivity contribution is 1.28. The van der Waals surface area contributed by atoms with Gasteiger partial charge in [0.25, 0.3) is 0 Å². The first-order chi connectivity index (χ1) is 27.3. The zero-order valence-corrected chi connectivity index (χ0v) is 30.0. The van der Waals surface area contributed by atoms with Gasteiger partial charge in [0.05, 0.1) is 22.2 Å². The molecule has 10 rings (SSSR count). The van der Waals surface area contributed by atoms with Gasteiger partial charge in [0, 0.05) is 44.3 Å². The molecule has 2 heterocycles. The molecule has 0 radical (unpaired) electrons. The fourth-order valence-electron chi connectivity index (χ4n) is 7.71. The standard InChI is InChI=1S/C52H35N3/c1-4-12-36(13-5-1)38-20-28-43(29-21-38)55(44-30-22-39(23-31-44)37-14-6-2-7-15-37)45-32-24-41(25-33-45)50-46-18-10-11-19-49(46)54-52-47(50)34-26-42-27-35-48(53-51(42)52)40-16-8-3-9-17-40/h1-35H. The molecule has 258 valence electrons. The number of hydrogen-bond acceptors (Lipinski definition) is 3. The van der Waals surface area contributed by atoms with Crippen molar-refractivity contribution in [1.29, 1.82) is 0 Å². The van der Waals surface area contributed by atoms with Crippen molar-refractivity contribution in [3.05, 3.63) is 212 Å². The van der Waals surface area contributed by atoms with Crippen LogP contribution in [-0.2, 0) is 0 Å². The molecule has 0 N–H and O–H groups in total. The highest BCUT2D eigenvalue weighted by atomic mass is 15.1. The summed E-state index contributed by atoms with van der Waals surface area (Å²) < 4.78 is 0. The van der Waals surface area contributed by atoms with E-state index < -0.39 is 0 Å². The summed E-state index contributed by atoms with van der Waals surface area (Å²) in [5.74, 6) is 0. The molecule has 3 nitrogen and oxygen atoms in total. The molecule has 0 saturated heterocycles. The predicted octanol–water partition coefficient (Wildman–Crippen LogP) is 14.1. The summed E-state index contributed by atoms with van der Waals surface area (Å²) >= 11 is 0. The molecule has 10 aromatic rings. The Labute approximate surface area is 320 Å². The van der Waals surface area contributed by atoms with Crippen LogP contribution in [0.4, 0.5) is 17.1 Å². The first-order valence-corrected chi connectivity index (χ1v) is 18.7. The third kappa shape index (κ3) is 6.08. The highest BCUT2D eigenvalue weighted by Crippen LogP contribution is 2.41. The van der Waals surface area contributed by atoms with E-state index in [4.69, 9.17) is 9.97 Å². The van der Waals surface area contributed by atoms with Gasteiger partial charge in [-0.15, -0.1) is 0 Å². The van der Waals surface area contributed by atoms with Crippen molar-refractivity contribution in [3.63, 3.8) is 0 Å². The Hall–Kier alpha value is -7.36. The Morgan fingerprint density at radius 2 is 0.745 bits per heavy atom. The number of fused-ring (bicyclic) bond motifs is 4. The van der Waals surface area contributed by atoms with Gasteiger partial charge in [0.1, 0.15) is 0 Å². The van der Waals surface area contributed by atoms with E-state index in [2.05, 4.69) is 211 Å². The zero-order chi connectivity index (χ0) is 36.6. The molecular formula is C52H35N3. The van der Waals surface area contributed by atoms with Gasteiger partial charge in [-0.3, -0.25) is 0 Å². The molecule has 0 aliphatic carbocycles. The minimum Gasteiger partial charge on any atom is -0.311 e. The van der Waals surface area contributed by atoms with E-state index in [1.807, 2.05) is 6.07 Å². The highest BCUT2D eigenvalue weighted by molar-refractivity contribution is 6.16. The first-order valence-electron chi connectivity index (χ1n) is 18.7. The summed E-state index contributed by atoms with van der Waals surface area (Å²) in [6, 6.07) is 75.2. The number of aromatic nitrogens is 2. The first kappa shape index (κ1) is 32.3. The molecule has 2 aromatic heterocycles. The minimum atomic E-state index is 0.909. The molecule has 0 aliphatic rings. The summed E-state index contributed by atoms with van der Waals surface area (Å²) in [6.45, 7) is 0. The molecule has 0 unspecified atom stereocenters. The maximum Gasteiger partial charge on any atom is 0.0978 e. The van der Waals surface area contributed by atoms with Crippen LogP contribution in [0, 0.1) is 0 Å². The van der Waals surface area contributed by atoms with E-state index in [1.165, 1.54) is 22.3 Å². The average molecular weight is 702 g/mol.